The summed E-state index contributed by atoms with van der Waals surface area (Å²) in [5.41, 5.74) is 4.20. The molecular formula is C26H28N8O. The smallest absolute Gasteiger partial charge is 0.251 e. The average Bonchev–Trinajstić information content (AvgIpc) is 3.60. The van der Waals surface area contributed by atoms with E-state index in [1.165, 1.54) is 0 Å². The highest BCUT2D eigenvalue weighted by molar-refractivity contribution is 5.95. The van der Waals surface area contributed by atoms with Crippen LogP contribution < -0.4 is 15.5 Å². The second-order valence-electron chi connectivity index (χ2n) is 9.27. The minimum Gasteiger partial charge on any atom is -0.354 e. The Morgan fingerprint density at radius 2 is 1.80 bits per heavy atom. The lowest BCUT2D eigenvalue weighted by molar-refractivity contribution is 0.0951. The molecule has 35 heavy (non-hydrogen) atoms. The number of likely N-dealkylation sites (N-methyl/N-ethyl adjacent to an activating group) is 1. The first-order valence-electron chi connectivity index (χ1n) is 12.1. The quantitative estimate of drug-likeness (QED) is 0.449. The van der Waals surface area contributed by atoms with E-state index >= 15 is 0 Å². The molecular weight excluding hydrogens is 440 g/mol. The van der Waals surface area contributed by atoms with Gasteiger partial charge in [0.15, 0.2) is 5.65 Å². The number of carbonyl (C=O) groups excluding carboxylic acids is 1. The van der Waals surface area contributed by atoms with Crippen molar-refractivity contribution >= 4 is 29.0 Å². The first-order chi connectivity index (χ1) is 17.1. The predicted molar refractivity (Wildman–Crippen MR) is 136 cm³/mol. The summed E-state index contributed by atoms with van der Waals surface area (Å²) in [6, 6.07) is 15.9. The summed E-state index contributed by atoms with van der Waals surface area (Å²) in [6.07, 6.45) is 5.94. The summed E-state index contributed by atoms with van der Waals surface area (Å²) in [5, 5.41) is 10.8. The van der Waals surface area contributed by atoms with E-state index in [1.54, 1.807) is 4.52 Å². The van der Waals surface area contributed by atoms with Gasteiger partial charge in [0.2, 0.25) is 5.95 Å². The van der Waals surface area contributed by atoms with Crippen molar-refractivity contribution in [3.8, 4) is 11.1 Å². The van der Waals surface area contributed by atoms with Gasteiger partial charge in [0.25, 0.3) is 5.91 Å². The van der Waals surface area contributed by atoms with Crippen molar-refractivity contribution in [3.63, 3.8) is 0 Å². The number of pyridine rings is 2. The molecule has 178 valence electrons. The van der Waals surface area contributed by atoms with Gasteiger partial charge in [-0.2, -0.15) is 4.98 Å². The largest absolute Gasteiger partial charge is 0.354 e. The fourth-order valence-electron chi connectivity index (χ4n) is 4.28. The Bertz CT molecular complexity index is 1340. The second-order valence-corrected chi connectivity index (χ2v) is 9.27. The number of hydrogen-bond acceptors (Lipinski definition) is 7. The van der Waals surface area contributed by atoms with E-state index in [9.17, 15) is 4.79 Å². The first kappa shape index (κ1) is 21.5. The number of carbonyl (C=O) groups is 1. The molecule has 0 radical (unpaired) electrons. The van der Waals surface area contributed by atoms with E-state index < -0.39 is 0 Å². The molecule has 9 nitrogen and oxygen atoms in total. The molecule has 1 saturated carbocycles. The van der Waals surface area contributed by atoms with Crippen molar-refractivity contribution in [1.29, 1.82) is 0 Å². The number of hydrogen-bond donors (Lipinski definition) is 2. The van der Waals surface area contributed by atoms with Crippen molar-refractivity contribution in [3.05, 3.63) is 66.5 Å². The van der Waals surface area contributed by atoms with Gasteiger partial charge in [-0.25, -0.2) is 9.50 Å². The van der Waals surface area contributed by atoms with Crippen molar-refractivity contribution in [2.24, 2.45) is 0 Å². The Balaban J connectivity index is 1.19. The lowest BCUT2D eigenvalue weighted by Crippen LogP contribution is -2.44. The number of nitrogens with one attached hydrogen (secondary N) is 2. The molecule has 1 amide bonds. The summed E-state index contributed by atoms with van der Waals surface area (Å²) in [7, 11) is 2.15. The summed E-state index contributed by atoms with van der Waals surface area (Å²) in [6.45, 7) is 4.08. The Labute approximate surface area is 203 Å². The van der Waals surface area contributed by atoms with Gasteiger partial charge in [0.05, 0.1) is 0 Å². The van der Waals surface area contributed by atoms with Crippen LogP contribution in [0.2, 0.25) is 0 Å². The SMILES string of the molecule is CN1CCN(c2ccc(-c3cccn4nc(Nc5ccc(C(=O)NC6CC6)cc5)nc34)cn2)CC1. The van der Waals surface area contributed by atoms with Gasteiger partial charge < -0.3 is 20.4 Å². The molecule has 1 aliphatic carbocycles. The molecule has 0 atom stereocenters. The maximum Gasteiger partial charge on any atom is 0.251 e. The molecule has 0 bridgehead atoms. The summed E-state index contributed by atoms with van der Waals surface area (Å²) < 4.78 is 1.77. The molecule has 3 aromatic heterocycles. The van der Waals surface area contributed by atoms with E-state index in [2.05, 4.69) is 44.7 Å². The van der Waals surface area contributed by atoms with E-state index in [4.69, 9.17) is 9.97 Å². The van der Waals surface area contributed by atoms with Gasteiger partial charge in [-0.1, -0.05) is 0 Å². The van der Waals surface area contributed by atoms with Crippen LogP contribution in [0.1, 0.15) is 23.2 Å². The topological polar surface area (TPSA) is 90.7 Å². The lowest BCUT2D eigenvalue weighted by Gasteiger charge is -2.33. The zero-order valence-electron chi connectivity index (χ0n) is 19.7. The van der Waals surface area contributed by atoms with Crippen molar-refractivity contribution in [2.75, 3.05) is 43.4 Å². The Morgan fingerprint density at radius 3 is 2.51 bits per heavy atom. The Kier molecular flexibility index (Phi) is 5.54. The van der Waals surface area contributed by atoms with Crippen LogP contribution in [-0.2, 0) is 0 Å². The normalized spacial score (nSPS) is 16.4. The van der Waals surface area contributed by atoms with Crippen LogP contribution in [0.3, 0.4) is 0 Å². The predicted octanol–water partition coefficient (Wildman–Crippen LogP) is 3.18. The fraction of sp³-hybridized carbons (Fsp3) is 0.308. The average molecular weight is 469 g/mol. The van der Waals surface area contributed by atoms with Gasteiger partial charge in [0.1, 0.15) is 5.82 Å². The zero-order valence-corrected chi connectivity index (χ0v) is 19.7. The Hall–Kier alpha value is -3.98. The third-order valence-corrected chi connectivity index (χ3v) is 6.56. The molecule has 9 heteroatoms. The van der Waals surface area contributed by atoms with Crippen LogP contribution in [0.15, 0.2) is 60.9 Å². The number of benzene rings is 1. The van der Waals surface area contributed by atoms with Gasteiger partial charge in [0, 0.05) is 67.0 Å². The second kappa shape index (κ2) is 8.99. The molecule has 4 aromatic rings. The van der Waals surface area contributed by atoms with Gasteiger partial charge in [-0.15, -0.1) is 5.10 Å². The molecule has 0 unspecified atom stereocenters. The third kappa shape index (κ3) is 4.67. The summed E-state index contributed by atoms with van der Waals surface area (Å²) >= 11 is 0. The molecule has 1 aromatic carbocycles. The number of rotatable bonds is 6. The van der Waals surface area contributed by atoms with E-state index in [-0.39, 0.29) is 5.91 Å². The number of amides is 1. The third-order valence-electron chi connectivity index (χ3n) is 6.56. The fourth-order valence-corrected chi connectivity index (χ4v) is 4.28. The number of anilines is 3. The molecule has 4 heterocycles. The van der Waals surface area contributed by atoms with Crippen LogP contribution in [0.5, 0.6) is 0 Å². The number of fused-ring (bicyclic) bond motifs is 1. The summed E-state index contributed by atoms with van der Waals surface area (Å²) in [5.74, 6) is 1.48. The molecule has 1 aliphatic heterocycles. The van der Waals surface area contributed by atoms with Crippen LogP contribution in [0, 0.1) is 0 Å². The van der Waals surface area contributed by atoms with E-state index in [0.717, 1.165) is 67.3 Å². The zero-order chi connectivity index (χ0) is 23.8. The summed E-state index contributed by atoms with van der Waals surface area (Å²) in [4.78, 5) is 26.3. The van der Waals surface area contributed by atoms with E-state index in [0.29, 0.717) is 17.6 Å². The molecule has 6 rings (SSSR count). The molecule has 2 aliphatic rings. The minimum absolute atomic E-state index is 0.0261. The number of piperazine rings is 1. The highest BCUT2D eigenvalue weighted by Gasteiger charge is 2.23. The van der Waals surface area contributed by atoms with Gasteiger partial charge in [-0.05, 0) is 68.4 Å². The van der Waals surface area contributed by atoms with Crippen LogP contribution in [0.25, 0.3) is 16.8 Å². The maximum atomic E-state index is 12.2. The molecule has 2 fully saturated rings. The highest BCUT2D eigenvalue weighted by Crippen LogP contribution is 2.26. The van der Waals surface area contributed by atoms with Crippen LogP contribution in [0.4, 0.5) is 17.5 Å². The lowest BCUT2D eigenvalue weighted by atomic mass is 10.1. The first-order valence-corrected chi connectivity index (χ1v) is 12.1. The van der Waals surface area contributed by atoms with Crippen LogP contribution >= 0.6 is 0 Å². The molecule has 1 saturated heterocycles. The standard InChI is InChI=1S/C26H28N8O/c1-32-13-15-33(16-14-32)23-11-6-19(17-27-23)22-3-2-12-34-24(22)30-26(31-34)29-21-7-4-18(5-8-21)25(35)28-20-9-10-20/h2-8,11-12,17,20H,9-10,13-16H2,1H3,(H,28,35)(H,29,31). The van der Waals surface area contributed by atoms with E-state index in [1.807, 2.05) is 48.8 Å². The van der Waals surface area contributed by atoms with Crippen LogP contribution in [-0.4, -0.2) is 69.7 Å². The number of nitrogens with zero attached hydrogens (tertiary/aromatic N) is 6. The van der Waals surface area contributed by atoms with Crippen molar-refractivity contribution < 1.29 is 4.79 Å². The number of aromatic nitrogens is 4. The maximum absolute atomic E-state index is 12.2. The molecule has 2 N–H and O–H groups in total. The Morgan fingerprint density at radius 1 is 1.00 bits per heavy atom. The highest BCUT2D eigenvalue weighted by atomic mass is 16.1. The van der Waals surface area contributed by atoms with Gasteiger partial charge in [-0.3, -0.25) is 4.79 Å². The minimum atomic E-state index is -0.0261. The molecule has 0 spiro atoms. The van der Waals surface area contributed by atoms with Crippen molar-refractivity contribution in [2.45, 2.75) is 18.9 Å². The van der Waals surface area contributed by atoms with Crippen molar-refractivity contribution in [1.82, 2.24) is 29.8 Å². The monoisotopic (exact) mass is 468 g/mol. The van der Waals surface area contributed by atoms with Gasteiger partial charge >= 0.3 is 0 Å².